The Hall–Kier alpha value is -1.59. The van der Waals surface area contributed by atoms with E-state index in [0.29, 0.717) is 50.1 Å². The minimum atomic E-state index is -0.551. The summed E-state index contributed by atoms with van der Waals surface area (Å²) in [6.07, 6.45) is 2.80. The van der Waals surface area contributed by atoms with Crippen LogP contribution in [0, 0.1) is 11.8 Å². The Bertz CT molecular complexity index is 705. The van der Waals surface area contributed by atoms with Crippen molar-refractivity contribution >= 4 is 23.4 Å². The summed E-state index contributed by atoms with van der Waals surface area (Å²) in [5, 5.41) is 3.80. The van der Waals surface area contributed by atoms with Gasteiger partial charge in [0.15, 0.2) is 0 Å². The lowest BCUT2D eigenvalue weighted by Gasteiger charge is -2.42. The summed E-state index contributed by atoms with van der Waals surface area (Å²) in [4.78, 5) is 28.2. The van der Waals surface area contributed by atoms with Gasteiger partial charge in [-0.25, -0.2) is 0 Å². The van der Waals surface area contributed by atoms with Crippen molar-refractivity contribution in [2.75, 3.05) is 26.3 Å². The third-order valence-corrected chi connectivity index (χ3v) is 6.93. The third-order valence-electron chi connectivity index (χ3n) is 6.68. The second-order valence-corrected chi connectivity index (χ2v) is 9.25. The van der Waals surface area contributed by atoms with E-state index in [-0.39, 0.29) is 23.8 Å². The lowest BCUT2D eigenvalue weighted by atomic mass is 9.72. The number of piperidine rings is 1. The number of nitrogens with one attached hydrogen (secondary N) is 1. The first-order valence-corrected chi connectivity index (χ1v) is 11.1. The third kappa shape index (κ3) is 4.95. The van der Waals surface area contributed by atoms with Crippen molar-refractivity contribution in [2.45, 2.75) is 57.9 Å². The second-order valence-electron chi connectivity index (χ2n) is 8.81. The van der Waals surface area contributed by atoms with Gasteiger partial charge in [-0.2, -0.15) is 0 Å². The SMILES string of the molecule is CC(C)C(C)NC(=O)C1CCN(C(=O)C2(c3ccc(Cl)cc3)CCOCC2)CC1. The Morgan fingerprint density at radius 1 is 1.10 bits per heavy atom. The van der Waals surface area contributed by atoms with E-state index in [1.165, 1.54) is 0 Å². The van der Waals surface area contributed by atoms with Crippen LogP contribution in [0.2, 0.25) is 5.02 Å². The zero-order valence-electron chi connectivity index (χ0n) is 17.7. The maximum atomic E-state index is 13.6. The summed E-state index contributed by atoms with van der Waals surface area (Å²) in [5.74, 6) is 0.684. The van der Waals surface area contributed by atoms with Crippen molar-refractivity contribution in [3.05, 3.63) is 34.9 Å². The molecule has 1 N–H and O–H groups in total. The molecule has 2 heterocycles. The average Bonchev–Trinajstić information content (AvgIpc) is 2.74. The molecule has 0 aromatic heterocycles. The van der Waals surface area contributed by atoms with E-state index in [2.05, 4.69) is 19.2 Å². The molecule has 1 unspecified atom stereocenters. The fourth-order valence-corrected chi connectivity index (χ4v) is 4.40. The van der Waals surface area contributed by atoms with Crippen molar-refractivity contribution in [3.8, 4) is 0 Å². The number of rotatable bonds is 5. The highest BCUT2D eigenvalue weighted by atomic mass is 35.5. The molecule has 160 valence electrons. The van der Waals surface area contributed by atoms with E-state index >= 15 is 0 Å². The number of hydrogen-bond acceptors (Lipinski definition) is 3. The molecule has 0 spiro atoms. The monoisotopic (exact) mass is 420 g/mol. The molecule has 5 nitrogen and oxygen atoms in total. The summed E-state index contributed by atoms with van der Waals surface area (Å²) in [6, 6.07) is 7.82. The Morgan fingerprint density at radius 2 is 1.69 bits per heavy atom. The predicted octanol–water partition coefficient (Wildman–Crippen LogP) is 3.79. The second kappa shape index (κ2) is 9.48. The van der Waals surface area contributed by atoms with Crippen LogP contribution < -0.4 is 5.32 Å². The Kier molecular flexibility index (Phi) is 7.23. The van der Waals surface area contributed by atoms with Gasteiger partial charge < -0.3 is 15.0 Å². The van der Waals surface area contributed by atoms with Crippen molar-refractivity contribution in [1.29, 1.82) is 0 Å². The van der Waals surface area contributed by atoms with Gasteiger partial charge in [0.2, 0.25) is 11.8 Å². The van der Waals surface area contributed by atoms with Crippen LogP contribution in [0.15, 0.2) is 24.3 Å². The molecule has 29 heavy (non-hydrogen) atoms. The molecular weight excluding hydrogens is 388 g/mol. The number of nitrogens with zero attached hydrogens (tertiary/aromatic N) is 1. The molecule has 2 fully saturated rings. The van der Waals surface area contributed by atoms with Crippen LogP contribution >= 0.6 is 11.6 Å². The lowest BCUT2D eigenvalue weighted by molar-refractivity contribution is -0.144. The highest BCUT2D eigenvalue weighted by molar-refractivity contribution is 6.30. The zero-order valence-corrected chi connectivity index (χ0v) is 18.5. The smallest absolute Gasteiger partial charge is 0.233 e. The molecule has 1 aromatic carbocycles. The van der Waals surface area contributed by atoms with E-state index in [1.54, 1.807) is 0 Å². The van der Waals surface area contributed by atoms with Gasteiger partial charge in [-0.05, 0) is 56.2 Å². The number of hydrogen-bond donors (Lipinski definition) is 1. The first kappa shape index (κ1) is 22.1. The fraction of sp³-hybridized carbons (Fsp3) is 0.652. The maximum Gasteiger partial charge on any atom is 0.233 e. The minimum absolute atomic E-state index is 0.0126. The number of carbonyl (C=O) groups is 2. The van der Waals surface area contributed by atoms with Crippen LogP contribution in [0.5, 0.6) is 0 Å². The van der Waals surface area contributed by atoms with Gasteiger partial charge in [-0.1, -0.05) is 37.6 Å². The Balaban J connectivity index is 1.67. The first-order chi connectivity index (χ1) is 13.8. The standard InChI is InChI=1S/C23H33ClN2O3/c1-16(2)17(3)25-21(27)18-8-12-26(13-9-18)22(28)23(10-14-29-15-11-23)19-4-6-20(24)7-5-19/h4-7,16-18H,8-15H2,1-3H3,(H,25,27). The van der Waals surface area contributed by atoms with Crippen LogP contribution in [-0.2, 0) is 19.7 Å². The molecule has 2 aliphatic rings. The van der Waals surface area contributed by atoms with Crippen LogP contribution in [0.25, 0.3) is 0 Å². The van der Waals surface area contributed by atoms with Gasteiger partial charge in [-0.3, -0.25) is 9.59 Å². The summed E-state index contributed by atoms with van der Waals surface area (Å²) < 4.78 is 5.56. The molecule has 2 amide bonds. The normalized spacial score (nSPS) is 21.1. The molecule has 2 aliphatic heterocycles. The molecule has 0 radical (unpaired) electrons. The molecule has 6 heteroatoms. The highest BCUT2D eigenvalue weighted by Gasteiger charge is 2.45. The number of benzene rings is 1. The van der Waals surface area contributed by atoms with Gasteiger partial charge in [0, 0.05) is 43.3 Å². The zero-order chi connectivity index (χ0) is 21.0. The summed E-state index contributed by atoms with van der Waals surface area (Å²) in [5.41, 5.74) is 0.463. The fourth-order valence-electron chi connectivity index (χ4n) is 4.27. The van der Waals surface area contributed by atoms with E-state index in [9.17, 15) is 9.59 Å². The molecule has 1 aromatic rings. The van der Waals surface area contributed by atoms with Gasteiger partial charge in [0.1, 0.15) is 0 Å². The molecule has 2 saturated heterocycles. The van der Waals surface area contributed by atoms with Crippen LogP contribution in [0.1, 0.15) is 52.0 Å². The van der Waals surface area contributed by atoms with E-state index < -0.39 is 5.41 Å². The van der Waals surface area contributed by atoms with Crippen molar-refractivity contribution in [2.24, 2.45) is 11.8 Å². The van der Waals surface area contributed by atoms with Crippen molar-refractivity contribution in [3.63, 3.8) is 0 Å². The number of amides is 2. The van der Waals surface area contributed by atoms with Crippen LogP contribution in [0.4, 0.5) is 0 Å². The molecule has 1 atom stereocenters. The largest absolute Gasteiger partial charge is 0.381 e. The summed E-state index contributed by atoms with van der Waals surface area (Å²) in [7, 11) is 0. The summed E-state index contributed by atoms with van der Waals surface area (Å²) >= 11 is 6.07. The van der Waals surface area contributed by atoms with E-state index in [0.717, 1.165) is 18.4 Å². The van der Waals surface area contributed by atoms with E-state index in [1.807, 2.05) is 36.1 Å². The quantitative estimate of drug-likeness (QED) is 0.788. The van der Waals surface area contributed by atoms with Crippen LogP contribution in [-0.4, -0.2) is 49.1 Å². The topological polar surface area (TPSA) is 58.6 Å². The predicted molar refractivity (Wildman–Crippen MR) is 115 cm³/mol. The molecule has 0 saturated carbocycles. The number of halogens is 1. The minimum Gasteiger partial charge on any atom is -0.381 e. The Labute approximate surface area is 179 Å². The first-order valence-electron chi connectivity index (χ1n) is 10.8. The maximum absolute atomic E-state index is 13.6. The van der Waals surface area contributed by atoms with Gasteiger partial charge in [0.05, 0.1) is 5.41 Å². The lowest BCUT2D eigenvalue weighted by Crippen LogP contribution is -2.53. The number of carbonyl (C=O) groups excluding carboxylic acids is 2. The summed E-state index contributed by atoms with van der Waals surface area (Å²) in [6.45, 7) is 8.68. The van der Waals surface area contributed by atoms with Gasteiger partial charge >= 0.3 is 0 Å². The van der Waals surface area contributed by atoms with Gasteiger partial charge in [-0.15, -0.1) is 0 Å². The molecular formula is C23H33ClN2O3. The Morgan fingerprint density at radius 3 is 2.24 bits per heavy atom. The number of ether oxygens (including phenoxy) is 1. The number of likely N-dealkylation sites (tertiary alicyclic amines) is 1. The molecule has 0 aliphatic carbocycles. The highest BCUT2D eigenvalue weighted by Crippen LogP contribution is 2.38. The van der Waals surface area contributed by atoms with Crippen molar-refractivity contribution < 1.29 is 14.3 Å². The van der Waals surface area contributed by atoms with Gasteiger partial charge in [0.25, 0.3) is 0 Å². The van der Waals surface area contributed by atoms with Crippen LogP contribution in [0.3, 0.4) is 0 Å². The molecule has 3 rings (SSSR count). The van der Waals surface area contributed by atoms with E-state index in [4.69, 9.17) is 16.3 Å². The average molecular weight is 421 g/mol. The molecule has 0 bridgehead atoms. The van der Waals surface area contributed by atoms with Crippen molar-refractivity contribution in [1.82, 2.24) is 10.2 Å².